The fraction of sp³-hybridized carbons (Fsp3) is 0.381. The van der Waals surface area contributed by atoms with Gasteiger partial charge in [-0.15, -0.1) is 0 Å². The molecule has 138 valence electrons. The number of aryl methyl sites for hydroxylation is 2. The first-order valence-electron chi connectivity index (χ1n) is 8.88. The number of anilines is 1. The number of hydrogen-bond donors (Lipinski definition) is 1. The lowest BCUT2D eigenvalue weighted by molar-refractivity contribution is 0.0681. The van der Waals surface area contributed by atoms with Crippen molar-refractivity contribution in [2.45, 2.75) is 32.8 Å². The van der Waals surface area contributed by atoms with Crippen molar-refractivity contribution in [1.29, 1.82) is 0 Å². The van der Waals surface area contributed by atoms with Gasteiger partial charge in [-0.1, -0.05) is 12.1 Å². The SMILES string of the molecule is COc1cc(C(=O)Nc2ccc(C)cc2OCC2CCCO2)ccc1C. The number of amides is 1. The van der Waals surface area contributed by atoms with Crippen LogP contribution in [0.2, 0.25) is 0 Å². The van der Waals surface area contributed by atoms with Crippen molar-refractivity contribution in [2.24, 2.45) is 0 Å². The molecule has 1 heterocycles. The van der Waals surface area contributed by atoms with Gasteiger partial charge in [0, 0.05) is 12.2 Å². The monoisotopic (exact) mass is 355 g/mol. The van der Waals surface area contributed by atoms with E-state index >= 15 is 0 Å². The van der Waals surface area contributed by atoms with Crippen LogP contribution in [-0.4, -0.2) is 32.3 Å². The number of carbonyl (C=O) groups is 1. The topological polar surface area (TPSA) is 56.8 Å². The highest BCUT2D eigenvalue weighted by Crippen LogP contribution is 2.28. The lowest BCUT2D eigenvalue weighted by Gasteiger charge is -2.16. The molecule has 0 saturated carbocycles. The smallest absolute Gasteiger partial charge is 0.255 e. The standard InChI is InChI=1S/C21H25NO4/c1-14-6-9-18(20(11-14)26-13-17-5-4-10-25-17)22-21(23)16-8-7-15(2)19(12-16)24-3/h6-9,11-12,17H,4-5,10,13H2,1-3H3,(H,22,23). The Balaban J connectivity index is 1.74. The predicted molar refractivity (Wildman–Crippen MR) is 101 cm³/mol. The fourth-order valence-corrected chi connectivity index (χ4v) is 2.97. The lowest BCUT2D eigenvalue weighted by atomic mass is 10.1. The third-order valence-corrected chi connectivity index (χ3v) is 4.50. The molecule has 1 atom stereocenters. The summed E-state index contributed by atoms with van der Waals surface area (Å²) in [5.41, 5.74) is 3.25. The van der Waals surface area contributed by atoms with E-state index in [0.29, 0.717) is 29.4 Å². The van der Waals surface area contributed by atoms with Gasteiger partial charge in [-0.3, -0.25) is 4.79 Å². The Morgan fingerprint density at radius 2 is 2.04 bits per heavy atom. The quantitative estimate of drug-likeness (QED) is 0.847. The third kappa shape index (κ3) is 4.35. The molecule has 1 fully saturated rings. The van der Waals surface area contributed by atoms with E-state index in [0.717, 1.165) is 30.6 Å². The van der Waals surface area contributed by atoms with Crippen LogP contribution in [0.1, 0.15) is 34.3 Å². The summed E-state index contributed by atoms with van der Waals surface area (Å²) in [5, 5.41) is 2.94. The molecule has 2 aromatic rings. The zero-order valence-electron chi connectivity index (χ0n) is 15.5. The molecule has 2 aromatic carbocycles. The number of benzene rings is 2. The molecule has 1 aliphatic rings. The molecule has 0 bridgehead atoms. The molecule has 0 aliphatic carbocycles. The first kappa shape index (κ1) is 18.3. The molecule has 1 N–H and O–H groups in total. The van der Waals surface area contributed by atoms with Gasteiger partial charge in [0.25, 0.3) is 5.91 Å². The van der Waals surface area contributed by atoms with Crippen molar-refractivity contribution in [3.8, 4) is 11.5 Å². The largest absolute Gasteiger partial charge is 0.496 e. The van der Waals surface area contributed by atoms with E-state index in [9.17, 15) is 4.79 Å². The second-order valence-electron chi connectivity index (χ2n) is 6.58. The maximum Gasteiger partial charge on any atom is 0.255 e. The van der Waals surface area contributed by atoms with E-state index in [4.69, 9.17) is 14.2 Å². The summed E-state index contributed by atoms with van der Waals surface area (Å²) in [6.07, 6.45) is 2.21. The molecular weight excluding hydrogens is 330 g/mol. The van der Waals surface area contributed by atoms with Crippen molar-refractivity contribution in [3.05, 3.63) is 53.1 Å². The van der Waals surface area contributed by atoms with Crippen molar-refractivity contribution in [3.63, 3.8) is 0 Å². The third-order valence-electron chi connectivity index (χ3n) is 4.50. The summed E-state index contributed by atoms with van der Waals surface area (Å²) in [4.78, 5) is 12.6. The van der Waals surface area contributed by atoms with Crippen LogP contribution in [0.25, 0.3) is 0 Å². The van der Waals surface area contributed by atoms with Crippen LogP contribution in [-0.2, 0) is 4.74 Å². The van der Waals surface area contributed by atoms with E-state index in [1.807, 2.05) is 38.1 Å². The Morgan fingerprint density at radius 1 is 1.19 bits per heavy atom. The first-order chi connectivity index (χ1) is 12.6. The van der Waals surface area contributed by atoms with Gasteiger partial charge < -0.3 is 19.5 Å². The number of methoxy groups -OCH3 is 1. The molecule has 0 spiro atoms. The number of nitrogens with one attached hydrogen (secondary N) is 1. The maximum atomic E-state index is 12.6. The Labute approximate surface area is 154 Å². The van der Waals surface area contributed by atoms with Crippen molar-refractivity contribution < 1.29 is 19.0 Å². The van der Waals surface area contributed by atoms with Crippen LogP contribution >= 0.6 is 0 Å². The summed E-state index contributed by atoms with van der Waals surface area (Å²) >= 11 is 0. The molecular formula is C21H25NO4. The van der Waals surface area contributed by atoms with Crippen molar-refractivity contribution in [1.82, 2.24) is 0 Å². The Bertz CT molecular complexity index is 782. The zero-order chi connectivity index (χ0) is 18.5. The van der Waals surface area contributed by atoms with Crippen LogP contribution in [0.3, 0.4) is 0 Å². The molecule has 1 saturated heterocycles. The van der Waals surface area contributed by atoms with Gasteiger partial charge in [-0.2, -0.15) is 0 Å². The van der Waals surface area contributed by atoms with Gasteiger partial charge >= 0.3 is 0 Å². The Kier molecular flexibility index (Phi) is 5.78. The first-order valence-corrected chi connectivity index (χ1v) is 8.88. The van der Waals surface area contributed by atoms with E-state index in [2.05, 4.69) is 5.32 Å². The van der Waals surface area contributed by atoms with Crippen LogP contribution in [0.15, 0.2) is 36.4 Å². The minimum atomic E-state index is -0.200. The molecule has 0 radical (unpaired) electrons. The van der Waals surface area contributed by atoms with Crippen LogP contribution in [0.5, 0.6) is 11.5 Å². The van der Waals surface area contributed by atoms with Gasteiger partial charge in [0.2, 0.25) is 0 Å². The predicted octanol–water partition coefficient (Wildman–Crippen LogP) is 4.12. The fourth-order valence-electron chi connectivity index (χ4n) is 2.97. The molecule has 1 unspecified atom stereocenters. The average Bonchev–Trinajstić information content (AvgIpc) is 3.15. The summed E-state index contributed by atoms with van der Waals surface area (Å²) in [5.74, 6) is 1.15. The molecule has 1 amide bonds. The van der Waals surface area contributed by atoms with Crippen molar-refractivity contribution in [2.75, 3.05) is 25.6 Å². The van der Waals surface area contributed by atoms with Gasteiger partial charge in [0.1, 0.15) is 18.1 Å². The highest BCUT2D eigenvalue weighted by molar-refractivity contribution is 6.05. The second-order valence-corrected chi connectivity index (χ2v) is 6.58. The molecule has 26 heavy (non-hydrogen) atoms. The number of ether oxygens (including phenoxy) is 3. The number of carbonyl (C=O) groups excluding carboxylic acids is 1. The Morgan fingerprint density at radius 3 is 2.77 bits per heavy atom. The number of hydrogen-bond acceptors (Lipinski definition) is 4. The van der Waals surface area contributed by atoms with Crippen LogP contribution < -0.4 is 14.8 Å². The average molecular weight is 355 g/mol. The molecule has 1 aliphatic heterocycles. The van der Waals surface area contributed by atoms with E-state index in [1.165, 1.54) is 0 Å². The van der Waals surface area contributed by atoms with Gasteiger partial charge in [0.05, 0.1) is 18.9 Å². The van der Waals surface area contributed by atoms with Crippen LogP contribution in [0.4, 0.5) is 5.69 Å². The van der Waals surface area contributed by atoms with Gasteiger partial charge in [0.15, 0.2) is 0 Å². The van der Waals surface area contributed by atoms with E-state index in [-0.39, 0.29) is 12.0 Å². The van der Waals surface area contributed by atoms with E-state index in [1.54, 1.807) is 19.2 Å². The molecule has 0 aromatic heterocycles. The molecule has 5 nitrogen and oxygen atoms in total. The minimum absolute atomic E-state index is 0.125. The summed E-state index contributed by atoms with van der Waals surface area (Å²) < 4.78 is 16.8. The molecule has 3 rings (SSSR count). The lowest BCUT2D eigenvalue weighted by Crippen LogP contribution is -2.18. The summed E-state index contributed by atoms with van der Waals surface area (Å²) in [6, 6.07) is 11.1. The summed E-state index contributed by atoms with van der Waals surface area (Å²) in [6.45, 7) is 5.22. The zero-order valence-corrected chi connectivity index (χ0v) is 15.5. The minimum Gasteiger partial charge on any atom is -0.496 e. The summed E-state index contributed by atoms with van der Waals surface area (Å²) in [7, 11) is 1.60. The molecule has 5 heteroatoms. The van der Waals surface area contributed by atoms with E-state index < -0.39 is 0 Å². The highest BCUT2D eigenvalue weighted by Gasteiger charge is 2.18. The Hall–Kier alpha value is -2.53. The normalized spacial score (nSPS) is 16.3. The number of rotatable bonds is 6. The van der Waals surface area contributed by atoms with Crippen LogP contribution in [0, 0.1) is 13.8 Å². The van der Waals surface area contributed by atoms with Crippen molar-refractivity contribution >= 4 is 11.6 Å². The van der Waals surface area contributed by atoms with Gasteiger partial charge in [-0.05, 0) is 62.1 Å². The second kappa shape index (κ2) is 8.23. The maximum absolute atomic E-state index is 12.6. The van der Waals surface area contributed by atoms with Gasteiger partial charge in [-0.25, -0.2) is 0 Å². The highest BCUT2D eigenvalue weighted by atomic mass is 16.5.